The van der Waals surface area contributed by atoms with Gasteiger partial charge in [-0.15, -0.1) is 0 Å². The number of anilines is 2. The maximum absolute atomic E-state index is 15.2. The number of nitrogens with zero attached hydrogens (tertiary/aromatic N) is 5. The van der Waals surface area contributed by atoms with Crippen molar-refractivity contribution in [1.82, 2.24) is 14.5 Å². The Labute approximate surface area is 269 Å². The number of rotatable bonds is 5. The summed E-state index contributed by atoms with van der Waals surface area (Å²) >= 11 is 6.82. The van der Waals surface area contributed by atoms with Crippen molar-refractivity contribution in [2.75, 3.05) is 29.9 Å². The molecule has 2 aliphatic rings. The van der Waals surface area contributed by atoms with Crippen molar-refractivity contribution in [1.29, 1.82) is 0 Å². The first-order valence-electron chi connectivity index (χ1n) is 14.9. The Morgan fingerprint density at radius 2 is 1.87 bits per heavy atom. The number of aromatic nitrogens is 2. The topological polar surface area (TPSA) is 119 Å². The number of carbonyl (C=O) groups is 2. The Bertz CT molecular complexity index is 1990. The van der Waals surface area contributed by atoms with Gasteiger partial charge in [0.25, 0.3) is 11.5 Å². The molecule has 0 radical (unpaired) electrons. The lowest BCUT2D eigenvalue weighted by Gasteiger charge is -2.49. The predicted octanol–water partition coefficient (Wildman–Crippen LogP) is 4.73. The molecule has 0 unspecified atom stereocenters. The van der Waals surface area contributed by atoms with Crippen LogP contribution in [0.15, 0.2) is 59.9 Å². The number of piperazine rings is 1. The summed E-state index contributed by atoms with van der Waals surface area (Å²) in [7, 11) is 1.51. The van der Waals surface area contributed by atoms with Crippen LogP contribution in [0.5, 0.6) is 5.75 Å². The first kappa shape index (κ1) is 31.3. The lowest BCUT2D eigenvalue weighted by molar-refractivity contribution is -0.130. The second-order valence-corrected chi connectivity index (χ2v) is 12.3. The van der Waals surface area contributed by atoms with Gasteiger partial charge < -0.3 is 24.9 Å². The average Bonchev–Trinajstić information content (AvgIpc) is 3.02. The molecule has 10 nitrogen and oxygen atoms in total. The minimum absolute atomic E-state index is 0.00412. The van der Waals surface area contributed by atoms with E-state index in [2.05, 4.69) is 6.58 Å². The zero-order chi connectivity index (χ0) is 33.2. The summed E-state index contributed by atoms with van der Waals surface area (Å²) in [5, 5.41) is 21.5. The fraction of sp³-hybridized carbons (Fsp3) is 0.294. The number of pyridine rings is 2. The molecule has 0 bridgehead atoms. The molecule has 0 saturated carbocycles. The van der Waals surface area contributed by atoms with Crippen molar-refractivity contribution >= 4 is 45.8 Å². The Kier molecular flexibility index (Phi) is 7.86. The molecule has 2 N–H and O–H groups in total. The average molecular weight is 646 g/mol. The molecule has 4 aromatic rings. The van der Waals surface area contributed by atoms with E-state index in [1.807, 2.05) is 31.7 Å². The molecule has 6 rings (SSSR count). The van der Waals surface area contributed by atoms with Crippen molar-refractivity contribution in [2.24, 2.45) is 0 Å². The quantitative estimate of drug-likeness (QED) is 0.301. The van der Waals surface area contributed by atoms with Crippen LogP contribution >= 0.6 is 11.6 Å². The molecule has 12 heteroatoms. The highest BCUT2D eigenvalue weighted by molar-refractivity contribution is 6.34. The summed E-state index contributed by atoms with van der Waals surface area (Å²) in [6.07, 6.45) is 1.21. The largest absolute Gasteiger partial charge is 0.507 e. The molecule has 2 aromatic heterocycles. The van der Waals surface area contributed by atoms with Gasteiger partial charge in [-0.1, -0.05) is 56.3 Å². The lowest BCUT2D eigenvalue weighted by Crippen LogP contribution is -2.66. The molecule has 1 fully saturated rings. The molecule has 4 heterocycles. The van der Waals surface area contributed by atoms with Crippen LogP contribution in [0.25, 0.3) is 28.0 Å². The number of hydrogen-bond acceptors (Lipinski definition) is 7. The summed E-state index contributed by atoms with van der Waals surface area (Å²) in [5.74, 6) is -1.94. The van der Waals surface area contributed by atoms with Crippen LogP contribution in [-0.4, -0.2) is 68.7 Å². The minimum atomic E-state index is -0.818. The molecule has 2 atom stereocenters. The van der Waals surface area contributed by atoms with E-state index >= 15 is 4.39 Å². The molecule has 0 aliphatic carbocycles. The molecular weight excluding hydrogens is 613 g/mol. The number of aliphatic hydroxyl groups excluding tert-OH is 1. The zero-order valence-electron chi connectivity index (χ0n) is 25.8. The van der Waals surface area contributed by atoms with Crippen molar-refractivity contribution in [2.45, 2.75) is 45.4 Å². The van der Waals surface area contributed by atoms with E-state index in [9.17, 15) is 24.6 Å². The summed E-state index contributed by atoms with van der Waals surface area (Å²) < 4.78 is 16.6. The normalized spacial score (nSPS) is 17.8. The maximum atomic E-state index is 15.2. The van der Waals surface area contributed by atoms with Gasteiger partial charge in [-0.05, 0) is 42.7 Å². The second-order valence-electron chi connectivity index (χ2n) is 11.9. The Morgan fingerprint density at radius 1 is 1.15 bits per heavy atom. The highest BCUT2D eigenvalue weighted by Crippen LogP contribution is 2.45. The van der Waals surface area contributed by atoms with E-state index in [1.54, 1.807) is 23.1 Å². The molecule has 2 aliphatic heterocycles. The van der Waals surface area contributed by atoms with Gasteiger partial charge in [-0.2, -0.15) is 0 Å². The van der Waals surface area contributed by atoms with E-state index in [0.717, 1.165) is 5.56 Å². The van der Waals surface area contributed by atoms with E-state index in [-0.39, 0.29) is 70.2 Å². The highest BCUT2D eigenvalue weighted by atomic mass is 35.5. The standard InChI is InChI=1S/C34H33ClFN5O5/c1-6-26(44)39-15-24-33(45)38(5)31-30(40(24)14-18(39)4)21-13-22(35)28(27-23(36)11-8-12-25(27)43)37-32(21)41(34(31)46)29-19(16-42)9-7-10-20(29)17(2)3/h6-13,17-18,24,42-43H,1,14-16H2,2-5H3/t18-,24-/m1/s1. The molecule has 2 amide bonds. The minimum Gasteiger partial charge on any atom is -0.507 e. The van der Waals surface area contributed by atoms with Crippen molar-refractivity contribution in [3.63, 3.8) is 0 Å². The molecule has 2 aromatic carbocycles. The van der Waals surface area contributed by atoms with E-state index in [0.29, 0.717) is 22.3 Å². The number of aliphatic hydroxyl groups is 1. The van der Waals surface area contributed by atoms with E-state index in [1.165, 1.54) is 40.8 Å². The van der Waals surface area contributed by atoms with Crippen molar-refractivity contribution in [3.8, 4) is 22.7 Å². The number of carbonyl (C=O) groups excluding carboxylic acids is 2. The number of phenolic OH excluding ortho intramolecular Hbond substituents is 1. The number of halogens is 2. The molecule has 46 heavy (non-hydrogen) atoms. The van der Waals surface area contributed by atoms with Gasteiger partial charge >= 0.3 is 0 Å². The van der Waals surface area contributed by atoms with Crippen LogP contribution < -0.4 is 15.4 Å². The highest BCUT2D eigenvalue weighted by Gasteiger charge is 2.46. The van der Waals surface area contributed by atoms with Gasteiger partial charge in [0.15, 0.2) is 0 Å². The predicted molar refractivity (Wildman–Crippen MR) is 175 cm³/mol. The van der Waals surface area contributed by atoms with Crippen LogP contribution in [-0.2, 0) is 16.2 Å². The van der Waals surface area contributed by atoms with Crippen LogP contribution in [0.4, 0.5) is 15.8 Å². The number of benzene rings is 2. The van der Waals surface area contributed by atoms with Crippen molar-refractivity contribution in [3.05, 3.63) is 87.4 Å². The summed E-state index contributed by atoms with van der Waals surface area (Å²) in [5.41, 5.74) is 1.21. The van der Waals surface area contributed by atoms with Crippen LogP contribution in [0.1, 0.15) is 37.8 Å². The summed E-state index contributed by atoms with van der Waals surface area (Å²) in [6, 6.07) is 9.57. The Balaban J connectivity index is 1.77. The van der Waals surface area contributed by atoms with E-state index in [4.69, 9.17) is 16.6 Å². The Hall–Kier alpha value is -4.74. The van der Waals surface area contributed by atoms with Crippen LogP contribution in [0, 0.1) is 5.82 Å². The second kappa shape index (κ2) is 11.6. The molecule has 238 valence electrons. The third kappa shape index (κ3) is 4.64. The van der Waals surface area contributed by atoms with Gasteiger partial charge in [0.2, 0.25) is 5.91 Å². The molecule has 1 saturated heterocycles. The van der Waals surface area contributed by atoms with Gasteiger partial charge in [0.05, 0.1) is 40.8 Å². The van der Waals surface area contributed by atoms with Crippen LogP contribution in [0.2, 0.25) is 5.02 Å². The number of fused-ring (bicyclic) bond motifs is 5. The smallest absolute Gasteiger partial charge is 0.282 e. The zero-order valence-corrected chi connectivity index (χ0v) is 26.5. The van der Waals surface area contributed by atoms with Gasteiger partial charge in [-0.25, -0.2) is 9.37 Å². The summed E-state index contributed by atoms with van der Waals surface area (Å²) in [4.78, 5) is 50.9. The SMILES string of the molecule is C=CC(=O)N1C[C@@H]2C(=O)N(C)c3c(c4cc(Cl)c(-c5c(O)cccc5F)nc4n(-c4c(CO)cccc4C(C)C)c3=O)N2C[C@H]1C. The third-order valence-corrected chi connectivity index (χ3v) is 9.17. The number of phenols is 1. The number of hydrogen-bond donors (Lipinski definition) is 2. The first-order valence-corrected chi connectivity index (χ1v) is 15.3. The van der Waals surface area contributed by atoms with Crippen molar-refractivity contribution < 1.29 is 24.2 Å². The first-order chi connectivity index (χ1) is 21.9. The third-order valence-electron chi connectivity index (χ3n) is 8.88. The number of amides is 2. The van der Waals surface area contributed by atoms with Gasteiger partial charge in [0.1, 0.15) is 28.9 Å². The fourth-order valence-corrected chi connectivity index (χ4v) is 6.89. The molecule has 0 spiro atoms. The number of para-hydroxylation sites is 1. The summed E-state index contributed by atoms with van der Waals surface area (Å²) in [6.45, 7) is 9.22. The van der Waals surface area contributed by atoms with Gasteiger partial charge in [-0.3, -0.25) is 19.0 Å². The lowest BCUT2D eigenvalue weighted by atomic mass is 9.96. The fourth-order valence-electron chi connectivity index (χ4n) is 6.65. The van der Waals surface area contributed by atoms with E-state index < -0.39 is 24.0 Å². The number of likely N-dealkylation sites (N-methyl/N-ethyl adjacent to an activating group) is 1. The van der Waals surface area contributed by atoms with Crippen LogP contribution in [0.3, 0.4) is 0 Å². The maximum Gasteiger partial charge on any atom is 0.282 e. The number of aromatic hydroxyl groups is 1. The Morgan fingerprint density at radius 3 is 2.52 bits per heavy atom. The molecular formula is C34H33ClFN5O5. The van der Waals surface area contributed by atoms with Gasteiger partial charge in [0, 0.05) is 30.6 Å². The monoisotopic (exact) mass is 645 g/mol.